The van der Waals surface area contributed by atoms with E-state index in [1.165, 1.54) is 12.1 Å². The molecule has 0 aromatic heterocycles. The Morgan fingerprint density at radius 3 is 2.53 bits per heavy atom. The lowest BCUT2D eigenvalue weighted by atomic mass is 10.1. The highest BCUT2D eigenvalue weighted by Crippen LogP contribution is 2.21. The van der Waals surface area contributed by atoms with Gasteiger partial charge < -0.3 is 10.5 Å². The maximum Gasteiger partial charge on any atom is 0.123 e. The van der Waals surface area contributed by atoms with Gasteiger partial charge in [-0.2, -0.15) is 0 Å². The van der Waals surface area contributed by atoms with Crippen LogP contribution in [0.3, 0.4) is 0 Å². The molecule has 0 amide bonds. The van der Waals surface area contributed by atoms with Gasteiger partial charge >= 0.3 is 0 Å². The Morgan fingerprint density at radius 1 is 1.40 bits per heavy atom. The van der Waals surface area contributed by atoms with E-state index in [9.17, 15) is 4.39 Å². The highest BCUT2D eigenvalue weighted by Gasteiger charge is 2.14. The van der Waals surface area contributed by atoms with Crippen molar-refractivity contribution < 1.29 is 9.13 Å². The van der Waals surface area contributed by atoms with E-state index in [0.717, 1.165) is 5.56 Å². The maximum atomic E-state index is 12.8. The zero-order chi connectivity index (χ0) is 11.4. The summed E-state index contributed by atoms with van der Waals surface area (Å²) in [5.74, 6) is 0.814. The zero-order valence-corrected chi connectivity index (χ0v) is 9.46. The summed E-state index contributed by atoms with van der Waals surface area (Å²) in [6.07, 6.45) is -0.0193. The van der Waals surface area contributed by atoms with E-state index in [1.54, 1.807) is 6.07 Å². The van der Waals surface area contributed by atoms with Crippen LogP contribution in [0.2, 0.25) is 0 Å². The van der Waals surface area contributed by atoms with Crippen LogP contribution in [0.25, 0.3) is 0 Å². The summed E-state index contributed by atoms with van der Waals surface area (Å²) in [4.78, 5) is 0. The third-order valence-electron chi connectivity index (χ3n) is 2.39. The van der Waals surface area contributed by atoms with Gasteiger partial charge in [-0.1, -0.05) is 13.8 Å². The molecule has 0 aliphatic carbocycles. The van der Waals surface area contributed by atoms with Gasteiger partial charge in [0, 0.05) is 6.54 Å². The fraction of sp³-hybridized carbons (Fsp3) is 0.500. The van der Waals surface area contributed by atoms with Crippen molar-refractivity contribution in [1.29, 1.82) is 0 Å². The predicted molar refractivity (Wildman–Crippen MR) is 59.4 cm³/mol. The van der Waals surface area contributed by atoms with Crippen molar-refractivity contribution in [3.8, 4) is 5.75 Å². The fourth-order valence-electron chi connectivity index (χ4n) is 1.36. The molecule has 0 saturated carbocycles. The molecule has 1 rings (SSSR count). The van der Waals surface area contributed by atoms with Crippen LogP contribution in [-0.4, -0.2) is 12.6 Å². The number of aryl methyl sites for hydroxylation is 1. The van der Waals surface area contributed by atoms with E-state index in [-0.39, 0.29) is 11.9 Å². The van der Waals surface area contributed by atoms with Crippen molar-refractivity contribution in [1.82, 2.24) is 0 Å². The monoisotopic (exact) mass is 211 g/mol. The number of hydrogen-bond donors (Lipinski definition) is 1. The zero-order valence-electron chi connectivity index (χ0n) is 9.46. The summed E-state index contributed by atoms with van der Waals surface area (Å²) in [7, 11) is 0. The van der Waals surface area contributed by atoms with Crippen LogP contribution in [-0.2, 0) is 0 Å². The third-order valence-corrected chi connectivity index (χ3v) is 2.39. The summed E-state index contributed by atoms with van der Waals surface area (Å²) >= 11 is 0. The smallest absolute Gasteiger partial charge is 0.123 e. The first kappa shape index (κ1) is 12.0. The van der Waals surface area contributed by atoms with Crippen molar-refractivity contribution in [2.45, 2.75) is 26.9 Å². The van der Waals surface area contributed by atoms with Gasteiger partial charge in [0.2, 0.25) is 0 Å². The molecule has 3 heteroatoms. The Kier molecular flexibility index (Phi) is 4.09. The van der Waals surface area contributed by atoms with Gasteiger partial charge in [0.25, 0.3) is 0 Å². The molecule has 0 spiro atoms. The van der Waals surface area contributed by atoms with Crippen LogP contribution in [0.5, 0.6) is 5.75 Å². The highest BCUT2D eigenvalue weighted by atomic mass is 19.1. The van der Waals surface area contributed by atoms with Crippen molar-refractivity contribution in [2.75, 3.05) is 6.54 Å². The van der Waals surface area contributed by atoms with Crippen LogP contribution in [0.15, 0.2) is 18.2 Å². The molecule has 1 aromatic carbocycles. The topological polar surface area (TPSA) is 35.2 Å². The second-order valence-electron chi connectivity index (χ2n) is 4.05. The van der Waals surface area contributed by atoms with Crippen molar-refractivity contribution >= 4 is 0 Å². The lowest BCUT2D eigenvalue weighted by Crippen LogP contribution is -2.31. The molecule has 1 aromatic rings. The first-order valence-corrected chi connectivity index (χ1v) is 5.17. The largest absolute Gasteiger partial charge is 0.489 e. The summed E-state index contributed by atoms with van der Waals surface area (Å²) < 4.78 is 18.6. The van der Waals surface area contributed by atoms with E-state index in [4.69, 9.17) is 10.5 Å². The minimum Gasteiger partial charge on any atom is -0.489 e. The van der Waals surface area contributed by atoms with E-state index >= 15 is 0 Å². The summed E-state index contributed by atoms with van der Waals surface area (Å²) in [5, 5.41) is 0. The Hall–Kier alpha value is -1.09. The van der Waals surface area contributed by atoms with Crippen molar-refractivity contribution in [3.05, 3.63) is 29.6 Å². The van der Waals surface area contributed by atoms with E-state index in [2.05, 4.69) is 13.8 Å². The quantitative estimate of drug-likeness (QED) is 0.830. The molecule has 2 nitrogen and oxygen atoms in total. The summed E-state index contributed by atoms with van der Waals surface area (Å²) in [6.45, 7) is 6.40. The molecule has 0 heterocycles. The molecule has 0 aliphatic rings. The molecule has 1 atom stereocenters. The molecule has 0 bridgehead atoms. The number of benzene rings is 1. The van der Waals surface area contributed by atoms with Crippen molar-refractivity contribution in [2.24, 2.45) is 11.7 Å². The standard InChI is InChI=1S/C12H18FNO/c1-8(2)12(7-14)15-11-5-4-10(13)6-9(11)3/h4-6,8,12H,7,14H2,1-3H3. The van der Waals surface area contributed by atoms with E-state index < -0.39 is 0 Å². The lowest BCUT2D eigenvalue weighted by molar-refractivity contribution is 0.158. The Bertz CT molecular complexity index is 325. The van der Waals surface area contributed by atoms with Crippen molar-refractivity contribution in [3.63, 3.8) is 0 Å². The van der Waals surface area contributed by atoms with Crippen LogP contribution in [0.4, 0.5) is 4.39 Å². The number of ether oxygens (including phenoxy) is 1. The van der Waals surface area contributed by atoms with Gasteiger partial charge in [0.05, 0.1) is 0 Å². The molecular formula is C12H18FNO. The Morgan fingerprint density at radius 2 is 2.07 bits per heavy atom. The SMILES string of the molecule is Cc1cc(F)ccc1OC(CN)C(C)C. The molecule has 0 aliphatic heterocycles. The van der Waals surface area contributed by atoms with Crippen LogP contribution in [0, 0.1) is 18.7 Å². The van der Waals surface area contributed by atoms with Gasteiger partial charge in [-0.25, -0.2) is 4.39 Å². The first-order chi connectivity index (χ1) is 7.04. The second-order valence-corrected chi connectivity index (χ2v) is 4.05. The Balaban J connectivity index is 2.79. The van der Waals surface area contributed by atoms with Crippen LogP contribution >= 0.6 is 0 Å². The second kappa shape index (κ2) is 5.12. The maximum absolute atomic E-state index is 12.8. The normalized spacial score (nSPS) is 12.9. The minimum atomic E-state index is -0.242. The number of nitrogens with two attached hydrogens (primary N) is 1. The average molecular weight is 211 g/mol. The highest BCUT2D eigenvalue weighted by molar-refractivity contribution is 5.32. The average Bonchev–Trinajstić information content (AvgIpc) is 2.16. The summed E-state index contributed by atoms with van der Waals surface area (Å²) in [5.41, 5.74) is 6.40. The van der Waals surface area contributed by atoms with Crippen LogP contribution < -0.4 is 10.5 Å². The predicted octanol–water partition coefficient (Wildman–Crippen LogP) is 2.50. The fourth-order valence-corrected chi connectivity index (χ4v) is 1.36. The molecule has 0 saturated heterocycles. The molecule has 15 heavy (non-hydrogen) atoms. The van der Waals surface area contributed by atoms with E-state index in [0.29, 0.717) is 18.2 Å². The lowest BCUT2D eigenvalue weighted by Gasteiger charge is -2.21. The number of hydrogen-bond acceptors (Lipinski definition) is 2. The van der Waals surface area contributed by atoms with Gasteiger partial charge in [0.15, 0.2) is 0 Å². The first-order valence-electron chi connectivity index (χ1n) is 5.17. The summed E-state index contributed by atoms with van der Waals surface area (Å²) in [6, 6.07) is 4.51. The van der Waals surface area contributed by atoms with Gasteiger partial charge in [-0.3, -0.25) is 0 Å². The number of halogens is 1. The molecule has 0 radical (unpaired) electrons. The molecule has 84 valence electrons. The van der Waals surface area contributed by atoms with Gasteiger partial charge in [0.1, 0.15) is 17.7 Å². The molecule has 2 N–H and O–H groups in total. The van der Waals surface area contributed by atoms with Gasteiger partial charge in [-0.15, -0.1) is 0 Å². The Labute approximate surface area is 90.2 Å². The van der Waals surface area contributed by atoms with E-state index in [1.807, 2.05) is 6.92 Å². The molecule has 0 fully saturated rings. The van der Waals surface area contributed by atoms with Crippen LogP contribution in [0.1, 0.15) is 19.4 Å². The van der Waals surface area contributed by atoms with Gasteiger partial charge in [-0.05, 0) is 36.6 Å². The molecular weight excluding hydrogens is 193 g/mol. The third kappa shape index (κ3) is 3.20. The minimum absolute atomic E-state index is 0.0193. The number of rotatable bonds is 4. The molecule has 1 unspecified atom stereocenters.